The van der Waals surface area contributed by atoms with Gasteiger partial charge in [-0.1, -0.05) is 23.7 Å². The molecule has 138 valence electrons. The summed E-state index contributed by atoms with van der Waals surface area (Å²) in [7, 11) is -4.01. The minimum Gasteiger partial charge on any atom is -0.246 e. The molecule has 0 unspecified atom stereocenters. The van der Waals surface area contributed by atoms with Gasteiger partial charge in [0, 0.05) is 5.02 Å². The Kier molecular flexibility index (Phi) is 4.24. The van der Waals surface area contributed by atoms with Crippen LogP contribution in [0.1, 0.15) is 5.56 Å². The number of anilines is 1. The maximum absolute atomic E-state index is 13.1. The molecule has 2 heterocycles. The van der Waals surface area contributed by atoms with E-state index < -0.39 is 15.8 Å². The van der Waals surface area contributed by atoms with E-state index in [-0.39, 0.29) is 27.9 Å². The van der Waals surface area contributed by atoms with Crippen molar-refractivity contribution in [2.24, 2.45) is 0 Å². The summed E-state index contributed by atoms with van der Waals surface area (Å²) in [5, 5.41) is 11.5. The van der Waals surface area contributed by atoms with Crippen molar-refractivity contribution in [1.82, 2.24) is 25.1 Å². The van der Waals surface area contributed by atoms with Crippen molar-refractivity contribution in [3.8, 4) is 0 Å². The highest BCUT2D eigenvalue weighted by Gasteiger charge is 2.22. The molecule has 0 aliphatic heterocycles. The van der Waals surface area contributed by atoms with Gasteiger partial charge in [0.15, 0.2) is 5.52 Å². The third-order valence-corrected chi connectivity index (χ3v) is 5.36. The number of nitrogens with zero attached hydrogens (tertiary/aromatic N) is 5. The van der Waals surface area contributed by atoms with E-state index in [0.717, 1.165) is 0 Å². The Hall–Kier alpha value is -3.05. The Balaban J connectivity index is 1.57. The zero-order valence-corrected chi connectivity index (χ0v) is 14.9. The van der Waals surface area contributed by atoms with Gasteiger partial charge in [-0.25, -0.2) is 26.8 Å². The van der Waals surface area contributed by atoms with Crippen LogP contribution in [0.3, 0.4) is 0 Å². The van der Waals surface area contributed by atoms with Gasteiger partial charge in [0.1, 0.15) is 22.6 Å². The van der Waals surface area contributed by atoms with Crippen molar-refractivity contribution < 1.29 is 17.4 Å². The third kappa shape index (κ3) is 3.46. The zero-order valence-electron chi connectivity index (χ0n) is 13.4. The summed E-state index contributed by atoms with van der Waals surface area (Å²) in [6.07, 6.45) is 1.33. The largest absolute Gasteiger partial charge is 0.266 e. The summed E-state index contributed by atoms with van der Waals surface area (Å²) in [4.78, 5) is 3.81. The van der Waals surface area contributed by atoms with Crippen LogP contribution in [0.15, 0.2) is 52.3 Å². The quantitative estimate of drug-likeness (QED) is 0.539. The van der Waals surface area contributed by atoms with Crippen LogP contribution in [0.2, 0.25) is 5.02 Å². The molecule has 4 aromatic rings. The van der Waals surface area contributed by atoms with E-state index >= 15 is 0 Å². The van der Waals surface area contributed by atoms with Gasteiger partial charge >= 0.3 is 0 Å². The lowest BCUT2D eigenvalue weighted by molar-refractivity contribution is 0.315. The minimum absolute atomic E-state index is 0.0996. The van der Waals surface area contributed by atoms with Gasteiger partial charge in [0.2, 0.25) is 0 Å². The molecule has 2 aromatic carbocycles. The Morgan fingerprint density at radius 3 is 2.89 bits per heavy atom. The fraction of sp³-hybridized carbons (Fsp3) is 0.0667. The van der Waals surface area contributed by atoms with Crippen molar-refractivity contribution in [3.05, 3.63) is 59.1 Å². The molecule has 0 saturated carbocycles. The van der Waals surface area contributed by atoms with Crippen molar-refractivity contribution in [1.29, 1.82) is 0 Å². The Morgan fingerprint density at radius 2 is 2.07 bits per heavy atom. The molecule has 4 rings (SSSR count). The van der Waals surface area contributed by atoms with Gasteiger partial charge in [0.05, 0.1) is 6.54 Å². The summed E-state index contributed by atoms with van der Waals surface area (Å²) in [6, 6.07) is 8.43. The second kappa shape index (κ2) is 6.59. The first-order valence-electron chi connectivity index (χ1n) is 7.50. The molecule has 0 amide bonds. The van der Waals surface area contributed by atoms with Crippen molar-refractivity contribution >= 4 is 38.6 Å². The molecule has 1 N–H and O–H groups in total. The first kappa shape index (κ1) is 17.4. The Morgan fingerprint density at radius 1 is 1.22 bits per heavy atom. The van der Waals surface area contributed by atoms with E-state index in [0.29, 0.717) is 11.1 Å². The molecule has 0 bridgehead atoms. The van der Waals surface area contributed by atoms with Crippen molar-refractivity contribution in [2.75, 3.05) is 4.72 Å². The topological polar surface area (TPSA) is 116 Å². The van der Waals surface area contributed by atoms with Gasteiger partial charge in [0.25, 0.3) is 16.0 Å². The molecule has 0 aliphatic rings. The monoisotopic (exact) mass is 408 g/mol. The Labute approximate surface area is 156 Å². The summed E-state index contributed by atoms with van der Waals surface area (Å²) >= 11 is 5.98. The van der Waals surface area contributed by atoms with Crippen LogP contribution in [-0.2, 0) is 16.6 Å². The van der Waals surface area contributed by atoms with E-state index in [4.69, 9.17) is 11.6 Å². The summed E-state index contributed by atoms with van der Waals surface area (Å²) < 4.78 is 46.5. The summed E-state index contributed by atoms with van der Waals surface area (Å²) in [6.45, 7) is 0.191. The fourth-order valence-electron chi connectivity index (χ4n) is 2.42. The van der Waals surface area contributed by atoms with Crippen LogP contribution in [-0.4, -0.2) is 33.5 Å². The molecule has 12 heteroatoms. The first-order chi connectivity index (χ1) is 12.9. The molecule has 0 fully saturated rings. The maximum Gasteiger partial charge on any atom is 0.266 e. The van der Waals surface area contributed by atoms with Gasteiger partial charge < -0.3 is 0 Å². The van der Waals surface area contributed by atoms with Gasteiger partial charge in [-0.15, -0.1) is 5.10 Å². The van der Waals surface area contributed by atoms with Crippen LogP contribution in [0.4, 0.5) is 10.3 Å². The van der Waals surface area contributed by atoms with E-state index in [1.54, 1.807) is 6.07 Å². The van der Waals surface area contributed by atoms with Gasteiger partial charge in [-0.2, -0.15) is 4.98 Å². The van der Waals surface area contributed by atoms with Crippen LogP contribution < -0.4 is 4.72 Å². The smallest absolute Gasteiger partial charge is 0.246 e. The molecule has 2 aromatic heterocycles. The van der Waals surface area contributed by atoms with Crippen LogP contribution in [0.25, 0.3) is 11.0 Å². The molecule has 9 nitrogen and oxygen atoms in total. The number of fused-ring (bicyclic) bond motifs is 1. The number of halogens is 2. The number of hydrogen-bond donors (Lipinski definition) is 1. The summed E-state index contributed by atoms with van der Waals surface area (Å²) in [5.41, 5.74) is 1.01. The lowest BCUT2D eigenvalue weighted by atomic mass is 10.2. The average molecular weight is 409 g/mol. The Bertz CT molecular complexity index is 1240. The molecule has 0 aliphatic carbocycles. The molecule has 0 atom stereocenters. The van der Waals surface area contributed by atoms with Gasteiger partial charge in [-0.05, 0) is 40.1 Å². The van der Waals surface area contributed by atoms with Crippen LogP contribution in [0.5, 0.6) is 0 Å². The third-order valence-electron chi connectivity index (χ3n) is 3.65. The highest BCUT2D eigenvalue weighted by molar-refractivity contribution is 7.93. The lowest BCUT2D eigenvalue weighted by Crippen LogP contribution is -2.15. The number of sulfonamides is 1. The van der Waals surface area contributed by atoms with Crippen molar-refractivity contribution in [2.45, 2.75) is 11.4 Å². The first-order valence-corrected chi connectivity index (χ1v) is 9.36. The van der Waals surface area contributed by atoms with Crippen molar-refractivity contribution in [3.63, 3.8) is 0 Å². The fourth-order valence-corrected chi connectivity index (χ4v) is 3.74. The standard InChI is InChI=1S/C15H10ClFN6O3S/c16-11-6-10(17)5-4-9(11)7-23-8-18-15(19-23)22-27(24,25)13-3-1-2-12-14(13)21-26-20-12/h1-6,8H,7H2,(H,19,22). The van der Waals surface area contributed by atoms with E-state index in [2.05, 4.69) is 29.7 Å². The van der Waals surface area contributed by atoms with Crippen LogP contribution in [0, 0.1) is 5.82 Å². The number of nitrogens with one attached hydrogen (secondary N) is 1. The van der Waals surface area contributed by atoms with E-state index in [1.807, 2.05) is 0 Å². The zero-order chi connectivity index (χ0) is 19.0. The maximum atomic E-state index is 13.1. The lowest BCUT2D eigenvalue weighted by Gasteiger charge is -2.05. The number of rotatable bonds is 5. The molecule has 0 saturated heterocycles. The van der Waals surface area contributed by atoms with Gasteiger partial charge in [-0.3, -0.25) is 0 Å². The normalized spacial score (nSPS) is 11.8. The second-order valence-electron chi connectivity index (χ2n) is 5.50. The van der Waals surface area contributed by atoms with E-state index in [9.17, 15) is 12.8 Å². The molecule has 0 radical (unpaired) electrons. The number of hydrogen-bond acceptors (Lipinski definition) is 7. The minimum atomic E-state index is -4.01. The highest BCUT2D eigenvalue weighted by Crippen LogP contribution is 2.22. The average Bonchev–Trinajstić information content (AvgIpc) is 3.25. The number of aromatic nitrogens is 5. The predicted molar refractivity (Wildman–Crippen MR) is 93.1 cm³/mol. The summed E-state index contributed by atoms with van der Waals surface area (Å²) in [5.74, 6) is -0.589. The molecule has 0 spiro atoms. The van der Waals surface area contributed by atoms with Crippen LogP contribution >= 0.6 is 11.6 Å². The predicted octanol–water partition coefficient (Wildman–Crippen LogP) is 2.46. The molecule has 27 heavy (non-hydrogen) atoms. The SMILES string of the molecule is O=S(=O)(Nc1ncn(Cc2ccc(F)cc2Cl)n1)c1cccc2nonc12. The molecular formula is C15H10ClFN6O3S. The van der Waals surface area contributed by atoms with E-state index in [1.165, 1.54) is 41.3 Å². The second-order valence-corrected chi connectivity index (χ2v) is 7.55. The number of benzene rings is 2. The highest BCUT2D eigenvalue weighted by atomic mass is 35.5. The molecular weight excluding hydrogens is 399 g/mol.